The van der Waals surface area contributed by atoms with E-state index in [0.717, 1.165) is 33.6 Å². The molecular formula is C18H15ClN4O. The first-order valence-corrected chi connectivity index (χ1v) is 7.85. The lowest BCUT2D eigenvalue weighted by Crippen LogP contribution is -2.00. The number of nitrogens with two attached hydrogens (primary N) is 1. The molecule has 4 rings (SSSR count). The van der Waals surface area contributed by atoms with Gasteiger partial charge in [0.05, 0.1) is 18.3 Å². The number of hydrogen-bond donors (Lipinski definition) is 1. The minimum atomic E-state index is 0.582. The summed E-state index contributed by atoms with van der Waals surface area (Å²) >= 11 is 6.03. The van der Waals surface area contributed by atoms with E-state index in [2.05, 4.69) is 10.2 Å². The van der Waals surface area contributed by atoms with Crippen molar-refractivity contribution in [2.45, 2.75) is 6.92 Å². The number of ether oxygens (including phenoxy) is 1. The van der Waals surface area contributed by atoms with Crippen molar-refractivity contribution in [3.8, 4) is 16.9 Å². The number of rotatable bonds is 2. The summed E-state index contributed by atoms with van der Waals surface area (Å²) in [5, 5.41) is 10.1. The first-order valence-electron chi connectivity index (χ1n) is 7.47. The van der Waals surface area contributed by atoms with Gasteiger partial charge >= 0.3 is 0 Å². The Balaban J connectivity index is 2.20. The first kappa shape index (κ1) is 14.8. The molecule has 0 amide bonds. The topological polar surface area (TPSA) is 65.4 Å². The van der Waals surface area contributed by atoms with Crippen molar-refractivity contribution in [2.24, 2.45) is 0 Å². The Bertz CT molecular complexity index is 1070. The third-order valence-electron chi connectivity index (χ3n) is 4.18. The van der Waals surface area contributed by atoms with Gasteiger partial charge in [0, 0.05) is 16.0 Å². The van der Waals surface area contributed by atoms with E-state index in [4.69, 9.17) is 22.1 Å². The van der Waals surface area contributed by atoms with Gasteiger partial charge in [-0.15, -0.1) is 10.2 Å². The number of nitrogen functional groups attached to an aromatic ring is 1. The lowest BCUT2D eigenvalue weighted by molar-refractivity contribution is 0.415. The van der Waals surface area contributed by atoms with Gasteiger partial charge in [-0.25, -0.2) is 0 Å². The quantitative estimate of drug-likeness (QED) is 0.597. The van der Waals surface area contributed by atoms with E-state index in [1.165, 1.54) is 0 Å². The van der Waals surface area contributed by atoms with Gasteiger partial charge in [-0.2, -0.15) is 0 Å². The molecule has 0 aliphatic rings. The number of fused-ring (bicyclic) bond motifs is 3. The van der Waals surface area contributed by atoms with Crippen LogP contribution in [0.3, 0.4) is 0 Å². The fourth-order valence-electron chi connectivity index (χ4n) is 3.05. The molecule has 0 aliphatic carbocycles. The molecule has 0 fully saturated rings. The van der Waals surface area contributed by atoms with Crippen molar-refractivity contribution in [3.63, 3.8) is 0 Å². The smallest absolute Gasteiger partial charge is 0.185 e. The average Bonchev–Trinajstić information content (AvgIpc) is 2.98. The molecule has 0 saturated heterocycles. The summed E-state index contributed by atoms with van der Waals surface area (Å²) in [6, 6.07) is 13.5. The second-order valence-corrected chi connectivity index (χ2v) is 6.02. The molecule has 0 unspecified atom stereocenters. The van der Waals surface area contributed by atoms with E-state index in [9.17, 15) is 0 Å². The maximum Gasteiger partial charge on any atom is 0.185 e. The Morgan fingerprint density at radius 1 is 1.08 bits per heavy atom. The molecule has 0 atom stereocenters. The molecule has 24 heavy (non-hydrogen) atoms. The van der Waals surface area contributed by atoms with Crippen LogP contribution in [0.15, 0.2) is 42.5 Å². The lowest BCUT2D eigenvalue weighted by Gasteiger charge is -2.14. The zero-order valence-corrected chi connectivity index (χ0v) is 14.0. The number of hydrogen-bond acceptors (Lipinski definition) is 4. The molecule has 2 heterocycles. The SMILES string of the molecule is COc1ccc2c(c1)c(-c1ccc(Cl)cc1)c(N)c1nnc(C)n12. The largest absolute Gasteiger partial charge is 0.497 e. The van der Waals surface area contributed by atoms with Crippen LogP contribution < -0.4 is 10.5 Å². The standard InChI is InChI=1S/C18H15ClN4O/c1-10-21-22-18-17(20)16(11-3-5-12(19)6-4-11)14-9-13(24-2)7-8-15(14)23(10)18/h3-9H,20H2,1-2H3. The second kappa shape index (κ2) is 5.39. The van der Waals surface area contributed by atoms with Crippen molar-refractivity contribution in [2.75, 3.05) is 12.8 Å². The van der Waals surface area contributed by atoms with Crippen LogP contribution in [0.25, 0.3) is 27.7 Å². The Morgan fingerprint density at radius 2 is 1.83 bits per heavy atom. The van der Waals surface area contributed by atoms with Crippen LogP contribution in [0.1, 0.15) is 5.82 Å². The third kappa shape index (κ3) is 2.09. The fourth-order valence-corrected chi connectivity index (χ4v) is 3.17. The number of aryl methyl sites for hydroxylation is 1. The molecule has 4 aromatic rings. The molecule has 120 valence electrons. The minimum absolute atomic E-state index is 0.582. The van der Waals surface area contributed by atoms with E-state index in [1.807, 2.05) is 53.8 Å². The van der Waals surface area contributed by atoms with E-state index >= 15 is 0 Å². The molecule has 0 spiro atoms. The number of nitrogens with zero attached hydrogens (tertiary/aromatic N) is 3. The Hall–Kier alpha value is -2.79. The van der Waals surface area contributed by atoms with Gasteiger partial charge in [0.1, 0.15) is 11.6 Å². The van der Waals surface area contributed by atoms with Gasteiger partial charge in [0.2, 0.25) is 0 Å². The summed E-state index contributed by atoms with van der Waals surface area (Å²) in [6.45, 7) is 1.91. The number of halogens is 1. The predicted molar refractivity (Wildman–Crippen MR) is 96.6 cm³/mol. The number of aromatic nitrogens is 3. The van der Waals surface area contributed by atoms with E-state index in [0.29, 0.717) is 16.4 Å². The van der Waals surface area contributed by atoms with Crippen molar-refractivity contribution in [3.05, 3.63) is 53.3 Å². The molecule has 0 bridgehead atoms. The molecule has 0 aliphatic heterocycles. The highest BCUT2D eigenvalue weighted by atomic mass is 35.5. The monoisotopic (exact) mass is 338 g/mol. The van der Waals surface area contributed by atoms with Crippen LogP contribution in [-0.2, 0) is 0 Å². The normalized spacial score (nSPS) is 11.3. The summed E-state index contributed by atoms with van der Waals surface area (Å²) in [7, 11) is 1.65. The Morgan fingerprint density at radius 3 is 2.54 bits per heavy atom. The van der Waals surface area contributed by atoms with Crippen LogP contribution in [-0.4, -0.2) is 21.7 Å². The summed E-state index contributed by atoms with van der Waals surface area (Å²) in [5.41, 5.74) is 10.5. The Kier molecular flexibility index (Phi) is 3.32. The van der Waals surface area contributed by atoms with Gasteiger partial charge in [0.15, 0.2) is 5.65 Å². The highest BCUT2D eigenvalue weighted by Crippen LogP contribution is 2.38. The number of pyridine rings is 1. The van der Waals surface area contributed by atoms with Gasteiger partial charge in [-0.3, -0.25) is 4.40 Å². The third-order valence-corrected chi connectivity index (χ3v) is 4.43. The first-order chi connectivity index (χ1) is 11.6. The summed E-state index contributed by atoms with van der Waals surface area (Å²) in [4.78, 5) is 0. The number of anilines is 1. The molecule has 0 saturated carbocycles. The highest BCUT2D eigenvalue weighted by molar-refractivity contribution is 6.30. The van der Waals surface area contributed by atoms with E-state index in [-0.39, 0.29) is 0 Å². The van der Waals surface area contributed by atoms with Crippen LogP contribution >= 0.6 is 11.6 Å². The maximum atomic E-state index is 6.46. The molecule has 5 nitrogen and oxygen atoms in total. The van der Waals surface area contributed by atoms with Gasteiger partial charge < -0.3 is 10.5 Å². The maximum absolute atomic E-state index is 6.46. The van der Waals surface area contributed by atoms with Crippen molar-refractivity contribution in [1.29, 1.82) is 0 Å². The van der Waals surface area contributed by atoms with E-state index < -0.39 is 0 Å². The molecule has 2 N–H and O–H groups in total. The minimum Gasteiger partial charge on any atom is -0.497 e. The summed E-state index contributed by atoms with van der Waals surface area (Å²) in [6.07, 6.45) is 0. The molecule has 2 aromatic heterocycles. The summed E-state index contributed by atoms with van der Waals surface area (Å²) < 4.78 is 7.36. The summed E-state index contributed by atoms with van der Waals surface area (Å²) in [5.74, 6) is 1.55. The number of methoxy groups -OCH3 is 1. The van der Waals surface area contributed by atoms with Crippen LogP contribution in [0, 0.1) is 6.92 Å². The van der Waals surface area contributed by atoms with Crippen LogP contribution in [0.4, 0.5) is 5.69 Å². The van der Waals surface area contributed by atoms with Gasteiger partial charge in [-0.05, 0) is 42.8 Å². The number of benzene rings is 2. The molecule has 2 aromatic carbocycles. The van der Waals surface area contributed by atoms with Crippen molar-refractivity contribution < 1.29 is 4.74 Å². The molecular weight excluding hydrogens is 324 g/mol. The fraction of sp³-hybridized carbons (Fsp3) is 0.111. The average molecular weight is 339 g/mol. The van der Waals surface area contributed by atoms with Crippen molar-refractivity contribution in [1.82, 2.24) is 14.6 Å². The van der Waals surface area contributed by atoms with Crippen LogP contribution in [0.5, 0.6) is 5.75 Å². The van der Waals surface area contributed by atoms with Gasteiger partial charge in [0.25, 0.3) is 0 Å². The second-order valence-electron chi connectivity index (χ2n) is 5.58. The van der Waals surface area contributed by atoms with Gasteiger partial charge in [-0.1, -0.05) is 23.7 Å². The zero-order valence-electron chi connectivity index (χ0n) is 13.2. The van der Waals surface area contributed by atoms with Crippen LogP contribution in [0.2, 0.25) is 5.02 Å². The van der Waals surface area contributed by atoms with E-state index in [1.54, 1.807) is 7.11 Å². The molecule has 6 heteroatoms. The highest BCUT2D eigenvalue weighted by Gasteiger charge is 2.17. The Labute approximate surface area is 143 Å². The lowest BCUT2D eigenvalue weighted by atomic mass is 9.99. The molecule has 0 radical (unpaired) electrons. The predicted octanol–water partition coefficient (Wildman–Crippen LogP) is 4.10. The van der Waals surface area contributed by atoms with Crippen molar-refractivity contribution >= 4 is 33.8 Å². The zero-order chi connectivity index (χ0) is 16.8.